The number of hydrogen-bond donors (Lipinski definition) is 0. The highest BCUT2D eigenvalue weighted by Crippen LogP contribution is 2.30. The number of benzene rings is 5. The molecule has 0 saturated carbocycles. The zero-order valence-corrected chi connectivity index (χ0v) is 27.7. The van der Waals surface area contributed by atoms with Crippen LogP contribution in [0.15, 0.2) is 127 Å². The lowest BCUT2D eigenvalue weighted by Crippen LogP contribution is -2.36. The van der Waals surface area contributed by atoms with Crippen molar-refractivity contribution in [2.24, 2.45) is 0 Å². The zero-order valence-electron chi connectivity index (χ0n) is 27.7. The van der Waals surface area contributed by atoms with Crippen LogP contribution in [0.25, 0.3) is 0 Å². The molecule has 1 aliphatic rings. The highest BCUT2D eigenvalue weighted by Gasteiger charge is 2.39. The maximum atomic E-state index is 13.5. The first kappa shape index (κ1) is 36.1. The molecule has 2 atom stereocenters. The van der Waals surface area contributed by atoms with Gasteiger partial charge in [0.15, 0.2) is 12.2 Å². The number of ketones is 2. The van der Waals surface area contributed by atoms with Gasteiger partial charge < -0.3 is 9.47 Å². The first-order valence-corrected chi connectivity index (χ1v) is 16.0. The van der Waals surface area contributed by atoms with Crippen molar-refractivity contribution in [3.05, 3.63) is 187 Å². The van der Waals surface area contributed by atoms with Crippen LogP contribution in [-0.4, -0.2) is 56.6 Å². The maximum Gasteiger partial charge on any atom is 0.339 e. The Labute approximate surface area is 304 Å². The van der Waals surface area contributed by atoms with E-state index in [1.807, 2.05) is 0 Å². The maximum absolute atomic E-state index is 13.5. The zero-order chi connectivity index (χ0) is 38.5. The van der Waals surface area contributed by atoms with Gasteiger partial charge in [0.05, 0.1) is 26.5 Å². The lowest BCUT2D eigenvalue weighted by Gasteiger charge is -2.19. The Morgan fingerprint density at radius 2 is 1.00 bits per heavy atom. The molecule has 15 heteroatoms. The number of nitro groups is 2. The minimum atomic E-state index is -1.58. The van der Waals surface area contributed by atoms with Gasteiger partial charge in [-0.1, -0.05) is 60.7 Å². The number of nitro benzene ring substituents is 2. The lowest BCUT2D eigenvalue weighted by molar-refractivity contribution is -0.385. The molecule has 268 valence electrons. The third-order valence-corrected chi connectivity index (χ3v) is 8.37. The molecule has 0 fully saturated rings. The fraction of sp³-hybridized carbons (Fsp3) is 0.0769. The summed E-state index contributed by atoms with van der Waals surface area (Å²) >= 11 is 0. The topological polar surface area (TPSA) is 210 Å². The smallest absolute Gasteiger partial charge is 0.339 e. The molecule has 0 spiro atoms. The van der Waals surface area contributed by atoms with E-state index in [1.54, 1.807) is 36.4 Å². The second-order valence-electron chi connectivity index (χ2n) is 11.8. The van der Waals surface area contributed by atoms with E-state index >= 15 is 0 Å². The van der Waals surface area contributed by atoms with E-state index in [2.05, 4.69) is 0 Å². The molecule has 54 heavy (non-hydrogen) atoms. The summed E-state index contributed by atoms with van der Waals surface area (Å²) in [5, 5.41) is 22.3. The summed E-state index contributed by atoms with van der Waals surface area (Å²) in [7, 11) is 0. The van der Waals surface area contributed by atoms with Gasteiger partial charge in [-0.05, 0) is 42.5 Å². The van der Waals surface area contributed by atoms with Gasteiger partial charge in [0.25, 0.3) is 23.2 Å². The van der Waals surface area contributed by atoms with E-state index in [4.69, 9.17) is 9.47 Å². The van der Waals surface area contributed by atoms with E-state index in [9.17, 15) is 49.0 Å². The van der Waals surface area contributed by atoms with E-state index < -0.39 is 63.9 Å². The van der Waals surface area contributed by atoms with Crippen LogP contribution in [-0.2, 0) is 14.3 Å². The van der Waals surface area contributed by atoms with Gasteiger partial charge in [0.2, 0.25) is 11.6 Å². The van der Waals surface area contributed by atoms with Crippen molar-refractivity contribution in [1.29, 1.82) is 0 Å². The van der Waals surface area contributed by atoms with Gasteiger partial charge in [-0.15, -0.1) is 0 Å². The SMILES string of the molecule is O=C(CN1C(=O)c2ccc(C(=O)O[C@@H](C(=O)c3ccccc3)c3ccc([N+](=O)[O-])cc3)cc2C1=O)O[C@@H](C(=O)c1ccccc1)c1ccc([N+](=O)[O-])cc1. The molecule has 0 N–H and O–H groups in total. The molecule has 0 saturated heterocycles. The van der Waals surface area contributed by atoms with Crippen LogP contribution in [0.1, 0.15) is 75.1 Å². The summed E-state index contributed by atoms with van der Waals surface area (Å²) in [4.78, 5) is 102. The number of carbonyl (C=O) groups is 6. The van der Waals surface area contributed by atoms with E-state index in [0.29, 0.717) is 4.90 Å². The van der Waals surface area contributed by atoms with E-state index in [-0.39, 0.29) is 50.3 Å². The normalized spacial score (nSPS) is 13.0. The third kappa shape index (κ3) is 7.50. The Morgan fingerprint density at radius 1 is 0.556 bits per heavy atom. The van der Waals surface area contributed by atoms with Crippen molar-refractivity contribution in [3.63, 3.8) is 0 Å². The predicted molar refractivity (Wildman–Crippen MR) is 187 cm³/mol. The number of hydrogen-bond acceptors (Lipinski definition) is 12. The first-order valence-electron chi connectivity index (χ1n) is 16.0. The van der Waals surface area contributed by atoms with Crippen molar-refractivity contribution in [2.75, 3.05) is 6.54 Å². The summed E-state index contributed by atoms with van der Waals surface area (Å²) in [6, 6.07) is 28.7. The fourth-order valence-corrected chi connectivity index (χ4v) is 5.63. The van der Waals surface area contributed by atoms with E-state index in [1.165, 1.54) is 60.7 Å². The molecule has 6 rings (SSSR count). The van der Waals surface area contributed by atoms with Crippen molar-refractivity contribution >= 4 is 46.7 Å². The molecule has 0 unspecified atom stereocenters. The third-order valence-electron chi connectivity index (χ3n) is 8.37. The molecule has 0 radical (unpaired) electrons. The van der Waals surface area contributed by atoms with Crippen LogP contribution in [0.5, 0.6) is 0 Å². The molecule has 0 aromatic heterocycles. The monoisotopic (exact) mass is 727 g/mol. The van der Waals surface area contributed by atoms with Crippen LogP contribution in [0.2, 0.25) is 0 Å². The van der Waals surface area contributed by atoms with Gasteiger partial charge in [0.1, 0.15) is 6.54 Å². The summed E-state index contributed by atoms with van der Waals surface area (Å²) in [6.07, 6.45) is -3.13. The first-order chi connectivity index (χ1) is 25.9. The second kappa shape index (κ2) is 15.3. The molecule has 2 amide bonds. The largest absolute Gasteiger partial charge is 0.448 e. The van der Waals surface area contributed by atoms with Gasteiger partial charge in [0, 0.05) is 46.5 Å². The van der Waals surface area contributed by atoms with Crippen LogP contribution in [0, 0.1) is 20.2 Å². The summed E-state index contributed by atoms with van der Waals surface area (Å²) in [6.45, 7) is -0.925. The standard InChI is InChI=1S/C39H25N3O12/c43-32(53-35(33(44)23-7-3-1-4-8-23)25-11-16-28(17-12-25)41(49)50)22-40-37(46)30-20-15-27(21-31(30)38(40)47)39(48)54-36(34(45)24-9-5-2-6-10-24)26-13-18-29(19-14-26)42(51)52/h1-21,35-36H,22H2/t35-,36-/m1/s1. The van der Waals surface area contributed by atoms with Crippen molar-refractivity contribution in [2.45, 2.75) is 12.2 Å². The number of imide groups is 1. The number of rotatable bonds is 13. The Hall–Kier alpha value is -7.68. The number of amides is 2. The number of nitrogens with zero attached hydrogens (tertiary/aromatic N) is 3. The number of fused-ring (bicyclic) bond motifs is 1. The van der Waals surface area contributed by atoms with Crippen molar-refractivity contribution < 1.29 is 48.1 Å². The molecule has 1 heterocycles. The second-order valence-corrected chi connectivity index (χ2v) is 11.8. The average Bonchev–Trinajstić information content (AvgIpc) is 3.43. The summed E-state index contributed by atoms with van der Waals surface area (Å²) < 4.78 is 11.1. The van der Waals surface area contributed by atoms with Gasteiger partial charge >= 0.3 is 11.9 Å². The quantitative estimate of drug-likeness (QED) is 0.0446. The van der Waals surface area contributed by atoms with Crippen molar-refractivity contribution in [3.8, 4) is 0 Å². The van der Waals surface area contributed by atoms with Crippen LogP contribution in [0.3, 0.4) is 0 Å². The fourth-order valence-electron chi connectivity index (χ4n) is 5.63. The van der Waals surface area contributed by atoms with Crippen LogP contribution < -0.4 is 0 Å². The number of Topliss-reactive ketones (excluding diaryl/α,β-unsaturated/α-hetero) is 2. The molecule has 5 aromatic rings. The Kier molecular flexibility index (Phi) is 10.2. The van der Waals surface area contributed by atoms with Crippen LogP contribution in [0.4, 0.5) is 11.4 Å². The average molecular weight is 728 g/mol. The predicted octanol–water partition coefficient (Wildman–Crippen LogP) is 6.05. The minimum Gasteiger partial charge on any atom is -0.448 e. The Balaban J connectivity index is 1.21. The highest BCUT2D eigenvalue weighted by atomic mass is 16.6. The number of non-ortho nitro benzene ring substituents is 2. The molecular weight excluding hydrogens is 702 g/mol. The van der Waals surface area contributed by atoms with E-state index in [0.717, 1.165) is 30.3 Å². The molecule has 0 bridgehead atoms. The summed E-state index contributed by atoms with van der Waals surface area (Å²) in [5.74, 6) is -5.36. The van der Waals surface area contributed by atoms with Gasteiger partial charge in [-0.3, -0.25) is 49.1 Å². The number of carbonyl (C=O) groups excluding carboxylic acids is 6. The number of esters is 2. The Morgan fingerprint density at radius 3 is 1.46 bits per heavy atom. The minimum absolute atomic E-state index is 0.103. The van der Waals surface area contributed by atoms with Crippen molar-refractivity contribution in [1.82, 2.24) is 4.90 Å². The van der Waals surface area contributed by atoms with Gasteiger partial charge in [-0.25, -0.2) is 4.79 Å². The van der Waals surface area contributed by atoms with Crippen LogP contribution >= 0.6 is 0 Å². The molecule has 5 aromatic carbocycles. The molecular formula is C39H25N3O12. The lowest BCUT2D eigenvalue weighted by atomic mass is 9.99. The van der Waals surface area contributed by atoms with Gasteiger partial charge in [-0.2, -0.15) is 0 Å². The molecule has 15 nitrogen and oxygen atoms in total. The number of ether oxygens (including phenoxy) is 2. The molecule has 0 aliphatic carbocycles. The Bertz CT molecular complexity index is 2330. The summed E-state index contributed by atoms with van der Waals surface area (Å²) in [5.41, 5.74) is -0.560. The molecule has 1 aliphatic heterocycles. The highest BCUT2D eigenvalue weighted by molar-refractivity contribution is 6.23.